The molecule has 2 unspecified atom stereocenters. The van der Waals surface area contributed by atoms with Crippen molar-refractivity contribution >= 4 is 6.09 Å². The van der Waals surface area contributed by atoms with Crippen LogP contribution in [0.15, 0.2) is 23.0 Å². The van der Waals surface area contributed by atoms with Crippen LogP contribution in [-0.4, -0.2) is 40.9 Å². The van der Waals surface area contributed by atoms with Crippen molar-refractivity contribution in [2.75, 3.05) is 13.1 Å². The van der Waals surface area contributed by atoms with Crippen molar-refractivity contribution in [2.24, 2.45) is 0 Å². The van der Waals surface area contributed by atoms with Gasteiger partial charge in [0.1, 0.15) is 5.60 Å². The Labute approximate surface area is 106 Å². The Morgan fingerprint density at radius 3 is 2.78 bits per heavy atom. The topological polar surface area (TPSA) is 62.9 Å². The van der Waals surface area contributed by atoms with Gasteiger partial charge in [-0.25, -0.2) is 4.79 Å². The quantitative estimate of drug-likeness (QED) is 0.831. The van der Waals surface area contributed by atoms with Crippen molar-refractivity contribution in [3.63, 3.8) is 0 Å². The lowest BCUT2D eigenvalue weighted by molar-refractivity contribution is 0.0270. The van der Waals surface area contributed by atoms with E-state index in [2.05, 4.69) is 0 Å². The Kier molecular flexibility index (Phi) is 3.34. The number of carbonyl (C=O) groups is 1. The predicted molar refractivity (Wildman–Crippen MR) is 65.3 cm³/mol. The minimum absolute atomic E-state index is 0.101. The van der Waals surface area contributed by atoms with E-state index in [1.54, 1.807) is 12.5 Å². The Balaban J connectivity index is 2.00. The fraction of sp³-hybridized carbons (Fsp3) is 0.615. The molecule has 1 saturated heterocycles. The maximum Gasteiger partial charge on any atom is 0.410 e. The largest absolute Gasteiger partial charge is 0.472 e. The van der Waals surface area contributed by atoms with Crippen molar-refractivity contribution in [3.05, 3.63) is 24.2 Å². The molecule has 1 amide bonds. The van der Waals surface area contributed by atoms with Gasteiger partial charge < -0.3 is 19.2 Å². The minimum Gasteiger partial charge on any atom is -0.472 e. The van der Waals surface area contributed by atoms with Gasteiger partial charge in [0.25, 0.3) is 0 Å². The van der Waals surface area contributed by atoms with Gasteiger partial charge >= 0.3 is 6.09 Å². The first kappa shape index (κ1) is 13.0. The van der Waals surface area contributed by atoms with Gasteiger partial charge in [-0.3, -0.25) is 0 Å². The summed E-state index contributed by atoms with van der Waals surface area (Å²) in [4.78, 5) is 13.4. The molecule has 1 aliphatic heterocycles. The van der Waals surface area contributed by atoms with E-state index in [0.717, 1.165) is 5.56 Å². The van der Waals surface area contributed by atoms with Gasteiger partial charge in [-0.05, 0) is 32.4 Å². The predicted octanol–water partition coefficient (Wildman–Crippen LogP) is 1.97. The Bertz CT molecular complexity index is 407. The average molecular weight is 253 g/mol. The first-order valence-corrected chi connectivity index (χ1v) is 6.05. The molecular weight excluding hydrogens is 234 g/mol. The van der Waals surface area contributed by atoms with E-state index >= 15 is 0 Å². The van der Waals surface area contributed by atoms with Crippen LogP contribution in [0.2, 0.25) is 0 Å². The summed E-state index contributed by atoms with van der Waals surface area (Å²) in [5, 5.41) is 9.99. The summed E-state index contributed by atoms with van der Waals surface area (Å²) in [5.74, 6) is -0.101. The number of hydrogen-bond donors (Lipinski definition) is 1. The molecule has 0 radical (unpaired) electrons. The molecule has 1 fully saturated rings. The van der Waals surface area contributed by atoms with E-state index in [9.17, 15) is 9.90 Å². The molecule has 5 nitrogen and oxygen atoms in total. The Hall–Kier alpha value is -1.49. The van der Waals surface area contributed by atoms with Gasteiger partial charge in [0.15, 0.2) is 0 Å². The monoisotopic (exact) mass is 253 g/mol. The normalized spacial score (nSPS) is 24.3. The standard InChI is InChI=1S/C13H19NO4/c1-13(2,3)18-12(16)14-6-10(11(15)7-14)9-4-5-17-8-9/h4-5,8,10-11,15H,6-7H2,1-3H3. The van der Waals surface area contributed by atoms with Gasteiger partial charge in [-0.2, -0.15) is 0 Å². The lowest BCUT2D eigenvalue weighted by Gasteiger charge is -2.24. The maximum absolute atomic E-state index is 11.9. The summed E-state index contributed by atoms with van der Waals surface area (Å²) in [6, 6.07) is 1.81. The molecule has 0 saturated carbocycles. The molecule has 5 heteroatoms. The molecule has 1 aliphatic rings. The zero-order valence-corrected chi connectivity index (χ0v) is 10.9. The van der Waals surface area contributed by atoms with Crippen molar-refractivity contribution < 1.29 is 19.1 Å². The summed E-state index contributed by atoms with van der Waals surface area (Å²) < 4.78 is 10.3. The third-order valence-corrected chi connectivity index (χ3v) is 2.91. The average Bonchev–Trinajstić information content (AvgIpc) is 2.82. The summed E-state index contributed by atoms with van der Waals surface area (Å²) in [5.41, 5.74) is 0.393. The molecule has 1 N–H and O–H groups in total. The van der Waals surface area contributed by atoms with E-state index in [4.69, 9.17) is 9.15 Å². The van der Waals surface area contributed by atoms with Gasteiger partial charge in [0, 0.05) is 12.5 Å². The fourth-order valence-electron chi connectivity index (χ4n) is 2.08. The van der Waals surface area contributed by atoms with E-state index < -0.39 is 11.7 Å². The second-order valence-corrected chi connectivity index (χ2v) is 5.62. The molecule has 1 aromatic heterocycles. The number of β-amino-alcohol motifs (C(OH)–C–C–N with tert-alkyl or cyclic N) is 1. The van der Waals surface area contributed by atoms with Crippen molar-refractivity contribution in [3.8, 4) is 0 Å². The number of furan rings is 1. The van der Waals surface area contributed by atoms with Crippen molar-refractivity contribution in [2.45, 2.75) is 38.4 Å². The SMILES string of the molecule is CC(C)(C)OC(=O)N1CC(O)C(c2ccoc2)C1. The van der Waals surface area contributed by atoms with Gasteiger partial charge in [0.2, 0.25) is 0 Å². The Morgan fingerprint density at radius 1 is 1.50 bits per heavy atom. The first-order chi connectivity index (χ1) is 8.37. The molecule has 0 spiro atoms. The summed E-state index contributed by atoms with van der Waals surface area (Å²) in [6.45, 7) is 6.22. The third-order valence-electron chi connectivity index (χ3n) is 2.91. The van der Waals surface area contributed by atoms with Crippen molar-refractivity contribution in [1.29, 1.82) is 0 Å². The van der Waals surface area contributed by atoms with Gasteiger partial charge in [-0.15, -0.1) is 0 Å². The number of amides is 1. The summed E-state index contributed by atoms with van der Waals surface area (Å²) in [6.07, 6.45) is 2.22. The first-order valence-electron chi connectivity index (χ1n) is 6.05. The van der Waals surface area contributed by atoms with Crippen LogP contribution in [0.25, 0.3) is 0 Å². The molecule has 0 aliphatic carbocycles. The zero-order valence-electron chi connectivity index (χ0n) is 10.9. The molecule has 2 rings (SSSR count). The number of nitrogens with zero attached hydrogens (tertiary/aromatic N) is 1. The van der Waals surface area contributed by atoms with E-state index in [1.807, 2.05) is 26.8 Å². The Morgan fingerprint density at radius 2 is 2.22 bits per heavy atom. The number of likely N-dealkylation sites (tertiary alicyclic amines) is 1. The second-order valence-electron chi connectivity index (χ2n) is 5.62. The van der Waals surface area contributed by atoms with E-state index in [1.165, 1.54) is 4.90 Å². The van der Waals surface area contributed by atoms with Crippen molar-refractivity contribution in [1.82, 2.24) is 4.90 Å². The minimum atomic E-state index is -0.574. The highest BCUT2D eigenvalue weighted by Gasteiger charge is 2.37. The van der Waals surface area contributed by atoms with Crippen LogP contribution >= 0.6 is 0 Å². The molecular formula is C13H19NO4. The van der Waals surface area contributed by atoms with Crippen LogP contribution in [0.3, 0.4) is 0 Å². The fourth-order valence-corrected chi connectivity index (χ4v) is 2.08. The number of hydrogen-bond acceptors (Lipinski definition) is 4. The van der Waals surface area contributed by atoms with Crippen LogP contribution < -0.4 is 0 Å². The summed E-state index contributed by atoms with van der Waals surface area (Å²) in [7, 11) is 0. The van der Waals surface area contributed by atoms with E-state index in [-0.39, 0.29) is 12.0 Å². The number of rotatable bonds is 1. The van der Waals surface area contributed by atoms with Crippen LogP contribution in [0.1, 0.15) is 32.3 Å². The molecule has 0 aromatic carbocycles. The highest BCUT2D eigenvalue weighted by Crippen LogP contribution is 2.28. The summed E-state index contributed by atoms with van der Waals surface area (Å²) >= 11 is 0. The zero-order chi connectivity index (χ0) is 13.3. The molecule has 100 valence electrons. The lowest BCUT2D eigenvalue weighted by Crippen LogP contribution is -2.35. The molecule has 2 atom stereocenters. The van der Waals surface area contributed by atoms with Crippen LogP contribution in [0.5, 0.6) is 0 Å². The van der Waals surface area contributed by atoms with Gasteiger partial charge in [0.05, 0.1) is 25.2 Å². The second kappa shape index (κ2) is 4.65. The maximum atomic E-state index is 11.9. The van der Waals surface area contributed by atoms with E-state index in [0.29, 0.717) is 13.1 Å². The van der Waals surface area contributed by atoms with Crippen LogP contribution in [-0.2, 0) is 4.74 Å². The number of aliphatic hydroxyl groups is 1. The molecule has 18 heavy (non-hydrogen) atoms. The highest BCUT2D eigenvalue weighted by molar-refractivity contribution is 5.68. The van der Waals surface area contributed by atoms with Crippen LogP contribution in [0, 0.1) is 0 Å². The number of aliphatic hydroxyl groups excluding tert-OH is 1. The molecule has 1 aromatic rings. The lowest BCUT2D eigenvalue weighted by atomic mass is 9.99. The smallest absolute Gasteiger partial charge is 0.410 e. The molecule has 2 heterocycles. The van der Waals surface area contributed by atoms with Gasteiger partial charge in [-0.1, -0.05) is 0 Å². The highest BCUT2D eigenvalue weighted by atomic mass is 16.6. The molecule has 0 bridgehead atoms. The van der Waals surface area contributed by atoms with Crippen LogP contribution in [0.4, 0.5) is 4.79 Å². The number of ether oxygens (including phenoxy) is 1. The third kappa shape index (κ3) is 2.85. The number of carbonyl (C=O) groups excluding carboxylic acids is 1.